The van der Waals surface area contributed by atoms with Crippen molar-refractivity contribution in [3.63, 3.8) is 0 Å². The molecule has 128 valence electrons. The minimum atomic E-state index is -1.49. The van der Waals surface area contributed by atoms with Crippen molar-refractivity contribution in [2.75, 3.05) is 0 Å². The smallest absolute Gasteiger partial charge is 0.256 e. The molecule has 2 aromatic carbocycles. The van der Waals surface area contributed by atoms with Crippen molar-refractivity contribution in [1.82, 2.24) is 10.3 Å². The fourth-order valence-corrected chi connectivity index (χ4v) is 2.42. The molecular formula is C17H10ClF3N2O2. The highest BCUT2D eigenvalue weighted by Gasteiger charge is 2.22. The van der Waals surface area contributed by atoms with Crippen LogP contribution in [0.3, 0.4) is 0 Å². The van der Waals surface area contributed by atoms with E-state index in [1.54, 1.807) is 24.3 Å². The van der Waals surface area contributed by atoms with Crippen LogP contribution in [0.5, 0.6) is 5.75 Å². The first-order chi connectivity index (χ1) is 11.9. The zero-order chi connectivity index (χ0) is 18.1. The van der Waals surface area contributed by atoms with Crippen LogP contribution in [0, 0.1) is 17.5 Å². The van der Waals surface area contributed by atoms with Gasteiger partial charge in [-0.25, -0.2) is 13.2 Å². The van der Waals surface area contributed by atoms with Crippen molar-refractivity contribution in [2.45, 2.75) is 6.54 Å². The Bertz CT molecular complexity index is 978. The second-order valence-electron chi connectivity index (χ2n) is 5.21. The Hall–Kier alpha value is -2.80. The Morgan fingerprint density at radius 1 is 1.16 bits per heavy atom. The molecule has 0 atom stereocenters. The average Bonchev–Trinajstić information content (AvgIpc) is 2.59. The first-order valence-electron chi connectivity index (χ1n) is 7.06. The molecule has 1 aromatic heterocycles. The van der Waals surface area contributed by atoms with Gasteiger partial charge in [0.2, 0.25) is 0 Å². The molecule has 1 amide bonds. The van der Waals surface area contributed by atoms with Gasteiger partial charge in [0.25, 0.3) is 5.91 Å². The first kappa shape index (κ1) is 17.0. The van der Waals surface area contributed by atoms with Gasteiger partial charge in [0.1, 0.15) is 16.8 Å². The molecule has 0 unspecified atom stereocenters. The van der Waals surface area contributed by atoms with Crippen LogP contribution in [0.15, 0.2) is 36.5 Å². The minimum absolute atomic E-state index is 0.105. The summed E-state index contributed by atoms with van der Waals surface area (Å²) in [5.41, 5.74) is -0.231. The van der Waals surface area contributed by atoms with E-state index in [0.29, 0.717) is 11.1 Å². The lowest BCUT2D eigenvalue weighted by Gasteiger charge is -2.10. The number of nitrogens with zero attached hydrogens (tertiary/aromatic N) is 1. The van der Waals surface area contributed by atoms with Crippen LogP contribution in [0.1, 0.15) is 15.9 Å². The molecule has 25 heavy (non-hydrogen) atoms. The third-order valence-corrected chi connectivity index (χ3v) is 3.82. The maximum atomic E-state index is 13.9. The highest BCUT2D eigenvalue weighted by molar-refractivity contribution is 6.30. The summed E-state index contributed by atoms with van der Waals surface area (Å²) in [6.07, 6.45) is 0.898. The van der Waals surface area contributed by atoms with Crippen LogP contribution in [0.2, 0.25) is 5.02 Å². The zero-order valence-electron chi connectivity index (χ0n) is 12.5. The van der Waals surface area contributed by atoms with Crippen molar-refractivity contribution in [3.05, 3.63) is 70.1 Å². The predicted octanol–water partition coefficient (Wildman–Crippen LogP) is 3.94. The number of halogens is 4. The Labute approximate surface area is 144 Å². The molecule has 2 N–H and O–H groups in total. The average molecular weight is 367 g/mol. The summed E-state index contributed by atoms with van der Waals surface area (Å²) in [6.45, 7) is 0.105. The topological polar surface area (TPSA) is 62.2 Å². The number of benzene rings is 2. The molecule has 3 aromatic rings. The molecule has 0 spiro atoms. The summed E-state index contributed by atoms with van der Waals surface area (Å²) in [5, 5.41) is 12.3. The first-order valence-corrected chi connectivity index (χ1v) is 7.44. The molecule has 4 nitrogen and oxygen atoms in total. The number of hydrogen-bond acceptors (Lipinski definition) is 3. The third kappa shape index (κ3) is 3.23. The van der Waals surface area contributed by atoms with Gasteiger partial charge in [0.15, 0.2) is 17.5 Å². The second kappa shape index (κ2) is 6.60. The largest absolute Gasteiger partial charge is 0.506 e. The van der Waals surface area contributed by atoms with Crippen molar-refractivity contribution >= 4 is 28.4 Å². The molecular weight excluding hydrogens is 357 g/mol. The number of carbonyl (C=O) groups is 1. The molecule has 1 heterocycles. The molecule has 8 heteroatoms. The summed E-state index contributed by atoms with van der Waals surface area (Å²) >= 11 is 5.76. The molecule has 0 fully saturated rings. The third-order valence-electron chi connectivity index (χ3n) is 3.57. The summed E-state index contributed by atoms with van der Waals surface area (Å²) < 4.78 is 40.9. The molecule has 0 aliphatic carbocycles. The number of aromatic nitrogens is 1. The Kier molecular flexibility index (Phi) is 4.50. The van der Waals surface area contributed by atoms with Crippen LogP contribution < -0.4 is 5.32 Å². The number of carbonyl (C=O) groups excluding carboxylic acids is 1. The lowest BCUT2D eigenvalue weighted by atomic mass is 10.1. The maximum absolute atomic E-state index is 13.9. The molecule has 0 aliphatic heterocycles. The standard InChI is InChI=1S/C17H10ClF3N2O2/c18-9-3-1-8(2-4-9)6-23-17(25)10-7-22-15-12(20)5-11(19)14(21)13(15)16(10)24/h1-5,7H,6H2,(H,22,24)(H,23,25). The fourth-order valence-electron chi connectivity index (χ4n) is 2.30. The lowest BCUT2D eigenvalue weighted by Crippen LogP contribution is -2.23. The molecule has 0 saturated carbocycles. The van der Waals surface area contributed by atoms with E-state index in [1.165, 1.54) is 0 Å². The number of nitrogens with one attached hydrogen (secondary N) is 1. The van der Waals surface area contributed by atoms with E-state index in [0.717, 1.165) is 11.8 Å². The van der Waals surface area contributed by atoms with Gasteiger partial charge < -0.3 is 10.4 Å². The second-order valence-corrected chi connectivity index (χ2v) is 5.64. The molecule has 0 radical (unpaired) electrons. The van der Waals surface area contributed by atoms with Crippen molar-refractivity contribution in [3.8, 4) is 5.75 Å². The highest BCUT2D eigenvalue weighted by Crippen LogP contribution is 2.32. The quantitative estimate of drug-likeness (QED) is 0.690. The minimum Gasteiger partial charge on any atom is -0.506 e. The van der Waals surface area contributed by atoms with Crippen LogP contribution in [-0.2, 0) is 6.54 Å². The van der Waals surface area contributed by atoms with Gasteiger partial charge >= 0.3 is 0 Å². The van der Waals surface area contributed by atoms with E-state index in [9.17, 15) is 23.1 Å². The fraction of sp³-hybridized carbons (Fsp3) is 0.0588. The van der Waals surface area contributed by atoms with Crippen LogP contribution >= 0.6 is 11.6 Å². The molecule has 0 bridgehead atoms. The van der Waals surface area contributed by atoms with E-state index in [4.69, 9.17) is 11.6 Å². The SMILES string of the molecule is O=C(NCc1ccc(Cl)cc1)c1cnc2c(F)cc(F)c(F)c2c1O. The molecule has 0 aliphatic rings. The van der Waals surface area contributed by atoms with Crippen molar-refractivity contribution < 1.29 is 23.1 Å². The number of hydrogen-bond donors (Lipinski definition) is 2. The summed E-state index contributed by atoms with van der Waals surface area (Å²) in [7, 11) is 0. The van der Waals surface area contributed by atoms with Crippen molar-refractivity contribution in [2.24, 2.45) is 0 Å². The Morgan fingerprint density at radius 2 is 1.84 bits per heavy atom. The number of pyridine rings is 1. The molecule has 3 rings (SSSR count). The van der Waals surface area contributed by atoms with Crippen LogP contribution in [0.25, 0.3) is 10.9 Å². The lowest BCUT2D eigenvalue weighted by molar-refractivity contribution is 0.0948. The van der Waals surface area contributed by atoms with Gasteiger partial charge in [-0.15, -0.1) is 0 Å². The van der Waals surface area contributed by atoms with E-state index in [1.807, 2.05) is 0 Å². The van der Waals surface area contributed by atoms with Gasteiger partial charge in [0.05, 0.1) is 5.39 Å². The Morgan fingerprint density at radius 3 is 2.52 bits per heavy atom. The van der Waals surface area contributed by atoms with Gasteiger partial charge in [-0.2, -0.15) is 0 Å². The predicted molar refractivity (Wildman–Crippen MR) is 85.9 cm³/mol. The van der Waals surface area contributed by atoms with Crippen molar-refractivity contribution in [1.29, 1.82) is 0 Å². The van der Waals surface area contributed by atoms with Gasteiger partial charge in [-0.3, -0.25) is 9.78 Å². The van der Waals surface area contributed by atoms with E-state index >= 15 is 0 Å². The number of aromatic hydroxyl groups is 1. The number of fused-ring (bicyclic) bond motifs is 1. The molecule has 0 saturated heterocycles. The van der Waals surface area contributed by atoms with Gasteiger partial charge in [-0.05, 0) is 17.7 Å². The van der Waals surface area contributed by atoms with Crippen LogP contribution in [0.4, 0.5) is 13.2 Å². The summed E-state index contributed by atoms with van der Waals surface area (Å²) in [6, 6.07) is 6.97. The van der Waals surface area contributed by atoms with Gasteiger partial charge in [-0.1, -0.05) is 23.7 Å². The van der Waals surface area contributed by atoms with E-state index in [2.05, 4.69) is 10.3 Å². The summed E-state index contributed by atoms with van der Waals surface area (Å²) in [5.74, 6) is -5.76. The highest BCUT2D eigenvalue weighted by atomic mass is 35.5. The monoisotopic (exact) mass is 366 g/mol. The van der Waals surface area contributed by atoms with E-state index in [-0.39, 0.29) is 6.54 Å². The van der Waals surface area contributed by atoms with Gasteiger partial charge in [0, 0.05) is 23.8 Å². The number of amides is 1. The normalized spacial score (nSPS) is 10.9. The number of rotatable bonds is 3. The maximum Gasteiger partial charge on any atom is 0.256 e. The van der Waals surface area contributed by atoms with Crippen LogP contribution in [-0.4, -0.2) is 16.0 Å². The van der Waals surface area contributed by atoms with E-state index < -0.39 is 45.6 Å². The zero-order valence-corrected chi connectivity index (χ0v) is 13.2. The Balaban J connectivity index is 1.93. The summed E-state index contributed by atoms with van der Waals surface area (Å²) in [4.78, 5) is 15.8.